The van der Waals surface area contributed by atoms with Crippen molar-refractivity contribution in [1.29, 1.82) is 0 Å². The summed E-state index contributed by atoms with van der Waals surface area (Å²) in [6.45, 7) is 5.61. The summed E-state index contributed by atoms with van der Waals surface area (Å²) in [7, 11) is 0. The van der Waals surface area contributed by atoms with Crippen LogP contribution in [0.15, 0.2) is 18.2 Å². The lowest BCUT2D eigenvalue weighted by Crippen LogP contribution is -2.20. The first-order valence-electron chi connectivity index (χ1n) is 5.61. The van der Waals surface area contributed by atoms with Crippen LogP contribution >= 0.6 is 11.6 Å². The molecule has 0 unspecified atom stereocenters. The molecule has 1 rings (SSSR count). The maximum Gasteiger partial charge on any atom is 0.344 e. The smallest absolute Gasteiger partial charge is 0.344 e. The summed E-state index contributed by atoms with van der Waals surface area (Å²) >= 11 is 5.82. The molecule has 0 saturated heterocycles. The van der Waals surface area contributed by atoms with E-state index in [2.05, 4.69) is 0 Å². The summed E-state index contributed by atoms with van der Waals surface area (Å²) in [5.74, 6) is 0.296. The van der Waals surface area contributed by atoms with Gasteiger partial charge in [-0.25, -0.2) is 4.79 Å². The van der Waals surface area contributed by atoms with Crippen LogP contribution in [0.5, 0.6) is 5.75 Å². The van der Waals surface area contributed by atoms with Crippen LogP contribution in [0.25, 0.3) is 0 Å². The number of carbonyl (C=O) groups is 1. The Morgan fingerprint density at radius 2 is 2.18 bits per heavy atom. The second kappa shape index (κ2) is 6.50. The van der Waals surface area contributed by atoms with Crippen LogP contribution in [0.2, 0.25) is 5.02 Å². The van der Waals surface area contributed by atoms with Crippen LogP contribution in [0.4, 0.5) is 0 Å². The quantitative estimate of drug-likeness (QED) is 0.758. The molecule has 1 aromatic rings. The van der Waals surface area contributed by atoms with Gasteiger partial charge in [0.1, 0.15) is 5.75 Å². The molecule has 0 N–H and O–H groups in total. The summed E-state index contributed by atoms with van der Waals surface area (Å²) in [5, 5.41) is 0.650. The Hall–Kier alpha value is -1.22. The molecule has 0 aliphatic rings. The Morgan fingerprint density at radius 1 is 1.47 bits per heavy atom. The van der Waals surface area contributed by atoms with Gasteiger partial charge >= 0.3 is 5.97 Å². The number of benzene rings is 1. The highest BCUT2D eigenvalue weighted by Crippen LogP contribution is 2.21. The van der Waals surface area contributed by atoms with E-state index in [1.807, 2.05) is 20.8 Å². The maximum atomic E-state index is 11.4. The highest BCUT2D eigenvalue weighted by atomic mass is 35.5. The van der Waals surface area contributed by atoms with Crippen molar-refractivity contribution in [2.75, 3.05) is 6.61 Å². The van der Waals surface area contributed by atoms with E-state index in [0.29, 0.717) is 10.8 Å². The van der Waals surface area contributed by atoms with Gasteiger partial charge in [0.05, 0.1) is 6.10 Å². The Balaban J connectivity index is 2.47. The average Bonchev–Trinajstić information content (AvgIpc) is 2.27. The first-order valence-corrected chi connectivity index (χ1v) is 5.99. The number of halogens is 1. The number of hydrogen-bond acceptors (Lipinski definition) is 3. The molecular weight excluding hydrogens is 240 g/mol. The summed E-state index contributed by atoms with van der Waals surface area (Å²) < 4.78 is 10.5. The molecule has 0 heterocycles. The van der Waals surface area contributed by atoms with E-state index in [4.69, 9.17) is 21.1 Å². The summed E-state index contributed by atoms with van der Waals surface area (Å²) in [6.07, 6.45) is 0.725. The predicted molar refractivity (Wildman–Crippen MR) is 67.5 cm³/mol. The molecule has 0 amide bonds. The first kappa shape index (κ1) is 13.8. The fourth-order valence-electron chi connectivity index (χ4n) is 1.25. The van der Waals surface area contributed by atoms with E-state index < -0.39 is 0 Å². The summed E-state index contributed by atoms with van der Waals surface area (Å²) in [4.78, 5) is 11.4. The van der Waals surface area contributed by atoms with Crippen LogP contribution in [0.3, 0.4) is 0 Å². The van der Waals surface area contributed by atoms with Crippen LogP contribution in [0.1, 0.15) is 25.8 Å². The molecule has 0 spiro atoms. The lowest BCUT2D eigenvalue weighted by Gasteiger charge is -2.12. The van der Waals surface area contributed by atoms with Crippen LogP contribution in [-0.4, -0.2) is 18.7 Å². The molecule has 1 aromatic carbocycles. The minimum Gasteiger partial charge on any atom is -0.482 e. The maximum absolute atomic E-state index is 11.4. The summed E-state index contributed by atoms with van der Waals surface area (Å²) in [5.41, 5.74) is 0.897. The number of ether oxygens (including phenoxy) is 2. The number of rotatable bonds is 5. The minimum absolute atomic E-state index is 0.0718. The van der Waals surface area contributed by atoms with Gasteiger partial charge in [-0.3, -0.25) is 0 Å². The second-order valence-electron chi connectivity index (χ2n) is 3.91. The van der Waals surface area contributed by atoms with Crippen molar-refractivity contribution >= 4 is 17.6 Å². The van der Waals surface area contributed by atoms with Crippen molar-refractivity contribution in [3.8, 4) is 5.75 Å². The van der Waals surface area contributed by atoms with Crippen LogP contribution in [-0.2, 0) is 9.53 Å². The third-order valence-electron chi connectivity index (χ3n) is 2.39. The third kappa shape index (κ3) is 4.65. The predicted octanol–water partition coefficient (Wildman–Crippen LogP) is 3.37. The highest BCUT2D eigenvalue weighted by molar-refractivity contribution is 6.30. The lowest BCUT2D eigenvalue weighted by atomic mass is 10.2. The Bertz CT molecular complexity index is 390. The van der Waals surface area contributed by atoms with Gasteiger partial charge in [0.25, 0.3) is 0 Å². The minimum atomic E-state index is -0.353. The van der Waals surface area contributed by atoms with Crippen molar-refractivity contribution in [2.45, 2.75) is 33.3 Å². The normalized spacial score (nSPS) is 12.0. The fourth-order valence-corrected chi connectivity index (χ4v) is 1.48. The molecule has 0 saturated carbocycles. The standard InChI is InChI=1S/C13H17ClO3/c1-4-10(3)17-13(15)8-16-12-6-5-11(14)7-9(12)2/h5-7,10H,4,8H2,1-3H3/t10-/m0/s1. The van der Waals surface area contributed by atoms with Gasteiger partial charge < -0.3 is 9.47 Å². The Labute approximate surface area is 107 Å². The zero-order valence-corrected chi connectivity index (χ0v) is 11.1. The number of hydrogen-bond donors (Lipinski definition) is 0. The molecule has 0 fully saturated rings. The zero-order chi connectivity index (χ0) is 12.8. The van der Waals surface area contributed by atoms with E-state index >= 15 is 0 Å². The SMILES string of the molecule is CC[C@H](C)OC(=O)COc1ccc(Cl)cc1C. The molecule has 1 atom stereocenters. The molecular formula is C13H17ClO3. The van der Waals surface area contributed by atoms with E-state index in [1.165, 1.54) is 0 Å². The van der Waals surface area contributed by atoms with Crippen molar-refractivity contribution in [2.24, 2.45) is 0 Å². The molecule has 0 bridgehead atoms. The van der Waals surface area contributed by atoms with Gasteiger partial charge in [-0.15, -0.1) is 0 Å². The largest absolute Gasteiger partial charge is 0.482 e. The average molecular weight is 257 g/mol. The second-order valence-corrected chi connectivity index (χ2v) is 4.34. The van der Waals surface area contributed by atoms with Gasteiger partial charge in [-0.1, -0.05) is 18.5 Å². The number of esters is 1. The van der Waals surface area contributed by atoms with Crippen molar-refractivity contribution in [3.05, 3.63) is 28.8 Å². The van der Waals surface area contributed by atoms with Gasteiger partial charge in [-0.2, -0.15) is 0 Å². The third-order valence-corrected chi connectivity index (χ3v) is 2.63. The molecule has 4 heteroatoms. The Kier molecular flexibility index (Phi) is 5.29. The lowest BCUT2D eigenvalue weighted by molar-refractivity contribution is -0.150. The van der Waals surface area contributed by atoms with Crippen molar-refractivity contribution < 1.29 is 14.3 Å². The molecule has 17 heavy (non-hydrogen) atoms. The highest BCUT2D eigenvalue weighted by Gasteiger charge is 2.09. The molecule has 0 radical (unpaired) electrons. The molecule has 0 aliphatic carbocycles. The summed E-state index contributed by atoms with van der Waals surface area (Å²) in [6, 6.07) is 5.26. The Morgan fingerprint density at radius 3 is 2.76 bits per heavy atom. The van der Waals surface area contributed by atoms with Crippen LogP contribution in [0, 0.1) is 6.92 Å². The van der Waals surface area contributed by atoms with Gasteiger partial charge in [0, 0.05) is 5.02 Å². The molecule has 0 aromatic heterocycles. The van der Waals surface area contributed by atoms with Gasteiger partial charge in [0.2, 0.25) is 0 Å². The topological polar surface area (TPSA) is 35.5 Å². The van der Waals surface area contributed by atoms with E-state index in [1.54, 1.807) is 18.2 Å². The van der Waals surface area contributed by atoms with Crippen molar-refractivity contribution in [3.63, 3.8) is 0 Å². The van der Waals surface area contributed by atoms with Gasteiger partial charge in [0.15, 0.2) is 6.61 Å². The first-order chi connectivity index (χ1) is 8.02. The fraction of sp³-hybridized carbons (Fsp3) is 0.462. The van der Waals surface area contributed by atoms with E-state index in [-0.39, 0.29) is 18.7 Å². The monoisotopic (exact) mass is 256 g/mol. The van der Waals surface area contributed by atoms with Gasteiger partial charge in [-0.05, 0) is 44.0 Å². The number of carbonyl (C=O) groups excluding carboxylic acids is 1. The zero-order valence-electron chi connectivity index (χ0n) is 10.3. The van der Waals surface area contributed by atoms with E-state index in [0.717, 1.165) is 12.0 Å². The molecule has 0 aliphatic heterocycles. The van der Waals surface area contributed by atoms with Crippen LogP contribution < -0.4 is 4.74 Å². The number of aryl methyl sites for hydroxylation is 1. The van der Waals surface area contributed by atoms with E-state index in [9.17, 15) is 4.79 Å². The van der Waals surface area contributed by atoms with Crippen molar-refractivity contribution in [1.82, 2.24) is 0 Å². The molecule has 3 nitrogen and oxygen atoms in total. The molecule has 94 valence electrons.